The predicted molar refractivity (Wildman–Crippen MR) is 104 cm³/mol. The molecular formula is C21H28N4O2. The Labute approximate surface area is 159 Å². The molecule has 3 heterocycles. The SMILES string of the molecule is O=C(NC1CCCCC1)c1nc(C(=O)N2CCCCCC2)n2ccccc12. The van der Waals surface area contributed by atoms with Gasteiger partial charge in [-0.15, -0.1) is 0 Å². The Morgan fingerprint density at radius 1 is 0.963 bits per heavy atom. The van der Waals surface area contributed by atoms with E-state index < -0.39 is 0 Å². The van der Waals surface area contributed by atoms with E-state index in [-0.39, 0.29) is 17.9 Å². The van der Waals surface area contributed by atoms with Gasteiger partial charge in [-0.1, -0.05) is 38.2 Å². The second-order valence-electron chi connectivity index (χ2n) is 7.75. The number of aromatic nitrogens is 2. The van der Waals surface area contributed by atoms with Crippen LogP contribution in [-0.2, 0) is 0 Å². The van der Waals surface area contributed by atoms with Gasteiger partial charge in [0.05, 0.1) is 5.52 Å². The number of fused-ring (bicyclic) bond motifs is 1. The summed E-state index contributed by atoms with van der Waals surface area (Å²) in [6.07, 6.45) is 11.8. The third-order valence-electron chi connectivity index (χ3n) is 5.79. The van der Waals surface area contributed by atoms with Crippen LogP contribution in [0, 0.1) is 0 Å². The summed E-state index contributed by atoms with van der Waals surface area (Å²) < 4.78 is 1.77. The molecule has 2 amide bonds. The predicted octanol–water partition coefficient (Wildman–Crippen LogP) is 3.41. The Morgan fingerprint density at radius 3 is 2.41 bits per heavy atom. The third-order valence-corrected chi connectivity index (χ3v) is 5.79. The molecule has 0 aromatic carbocycles. The number of amides is 2. The first-order valence-corrected chi connectivity index (χ1v) is 10.3. The number of likely N-dealkylation sites (tertiary alicyclic amines) is 1. The van der Waals surface area contributed by atoms with Gasteiger partial charge in [0.2, 0.25) is 5.82 Å². The van der Waals surface area contributed by atoms with Crippen LogP contribution in [0.5, 0.6) is 0 Å². The minimum absolute atomic E-state index is 0.0742. The van der Waals surface area contributed by atoms with E-state index >= 15 is 0 Å². The monoisotopic (exact) mass is 368 g/mol. The zero-order valence-corrected chi connectivity index (χ0v) is 15.8. The fourth-order valence-electron chi connectivity index (χ4n) is 4.27. The molecule has 0 atom stereocenters. The molecule has 0 radical (unpaired) electrons. The number of hydrogen-bond acceptors (Lipinski definition) is 3. The van der Waals surface area contributed by atoms with Gasteiger partial charge in [-0.25, -0.2) is 4.98 Å². The summed E-state index contributed by atoms with van der Waals surface area (Å²) in [4.78, 5) is 32.4. The number of nitrogens with one attached hydrogen (secondary N) is 1. The number of imidazole rings is 1. The molecule has 0 spiro atoms. The highest BCUT2D eigenvalue weighted by atomic mass is 16.2. The van der Waals surface area contributed by atoms with Gasteiger partial charge in [-0.05, 0) is 37.8 Å². The van der Waals surface area contributed by atoms with Gasteiger partial charge in [0.1, 0.15) is 0 Å². The van der Waals surface area contributed by atoms with Crippen LogP contribution in [0.3, 0.4) is 0 Å². The third kappa shape index (κ3) is 3.84. The van der Waals surface area contributed by atoms with Crippen molar-refractivity contribution in [3.05, 3.63) is 35.9 Å². The summed E-state index contributed by atoms with van der Waals surface area (Å²) in [7, 11) is 0. The lowest BCUT2D eigenvalue weighted by Crippen LogP contribution is -2.36. The van der Waals surface area contributed by atoms with Crippen molar-refractivity contribution in [3.8, 4) is 0 Å². The van der Waals surface area contributed by atoms with Crippen LogP contribution < -0.4 is 5.32 Å². The molecule has 2 aromatic heterocycles. The highest BCUT2D eigenvalue weighted by Crippen LogP contribution is 2.20. The molecule has 1 saturated heterocycles. The smallest absolute Gasteiger partial charge is 0.290 e. The van der Waals surface area contributed by atoms with Crippen LogP contribution in [0.15, 0.2) is 24.4 Å². The number of rotatable bonds is 3. The summed E-state index contributed by atoms with van der Waals surface area (Å²) in [5.41, 5.74) is 1.06. The van der Waals surface area contributed by atoms with Crippen molar-refractivity contribution in [2.75, 3.05) is 13.1 Å². The zero-order chi connectivity index (χ0) is 18.6. The van der Waals surface area contributed by atoms with Crippen molar-refractivity contribution in [1.29, 1.82) is 0 Å². The average Bonchev–Trinajstić information content (AvgIpc) is 2.88. The highest BCUT2D eigenvalue weighted by molar-refractivity contribution is 6.02. The lowest BCUT2D eigenvalue weighted by molar-refractivity contribution is 0.0748. The molecule has 1 aliphatic heterocycles. The van der Waals surface area contributed by atoms with Gasteiger partial charge in [0.25, 0.3) is 11.8 Å². The largest absolute Gasteiger partial charge is 0.348 e. The molecule has 6 nitrogen and oxygen atoms in total. The van der Waals surface area contributed by atoms with E-state index in [1.54, 1.807) is 4.40 Å². The summed E-state index contributed by atoms with van der Waals surface area (Å²) in [6.45, 7) is 1.54. The summed E-state index contributed by atoms with van der Waals surface area (Å²) in [6, 6.07) is 5.84. The molecule has 0 bridgehead atoms. The molecule has 0 unspecified atom stereocenters. The molecule has 27 heavy (non-hydrogen) atoms. The fraction of sp³-hybridized carbons (Fsp3) is 0.571. The summed E-state index contributed by atoms with van der Waals surface area (Å²) in [5, 5.41) is 3.13. The molecule has 4 rings (SSSR count). The van der Waals surface area contributed by atoms with E-state index in [0.717, 1.165) is 51.6 Å². The van der Waals surface area contributed by atoms with E-state index in [1.807, 2.05) is 29.3 Å². The van der Waals surface area contributed by atoms with Crippen molar-refractivity contribution in [1.82, 2.24) is 19.6 Å². The zero-order valence-electron chi connectivity index (χ0n) is 15.8. The number of pyridine rings is 1. The lowest BCUT2D eigenvalue weighted by atomic mass is 9.95. The van der Waals surface area contributed by atoms with Gasteiger partial charge in [0.15, 0.2) is 5.69 Å². The van der Waals surface area contributed by atoms with Crippen molar-refractivity contribution >= 4 is 17.3 Å². The van der Waals surface area contributed by atoms with Crippen LogP contribution in [0.25, 0.3) is 5.52 Å². The minimum atomic E-state index is -0.166. The first-order valence-electron chi connectivity index (χ1n) is 10.3. The highest BCUT2D eigenvalue weighted by Gasteiger charge is 2.26. The summed E-state index contributed by atoms with van der Waals surface area (Å²) >= 11 is 0. The number of nitrogens with zero attached hydrogens (tertiary/aromatic N) is 3. The molecule has 144 valence electrons. The van der Waals surface area contributed by atoms with Crippen molar-refractivity contribution in [3.63, 3.8) is 0 Å². The lowest BCUT2D eigenvalue weighted by Gasteiger charge is -2.22. The quantitative estimate of drug-likeness (QED) is 0.903. The molecule has 6 heteroatoms. The van der Waals surface area contributed by atoms with Crippen LogP contribution in [0.2, 0.25) is 0 Å². The molecule has 1 saturated carbocycles. The van der Waals surface area contributed by atoms with Gasteiger partial charge < -0.3 is 10.2 Å². The molecule has 2 aliphatic rings. The molecule has 1 aliphatic carbocycles. The van der Waals surface area contributed by atoms with Crippen molar-refractivity contribution in [2.45, 2.75) is 63.8 Å². The maximum atomic E-state index is 13.1. The Morgan fingerprint density at radius 2 is 1.67 bits per heavy atom. The average molecular weight is 368 g/mol. The van der Waals surface area contributed by atoms with E-state index in [0.29, 0.717) is 17.0 Å². The second kappa shape index (κ2) is 8.11. The second-order valence-corrected chi connectivity index (χ2v) is 7.75. The van der Waals surface area contributed by atoms with E-state index in [4.69, 9.17) is 0 Å². The van der Waals surface area contributed by atoms with Gasteiger partial charge in [0, 0.05) is 25.3 Å². The fourth-order valence-corrected chi connectivity index (χ4v) is 4.27. The first-order chi connectivity index (χ1) is 13.2. The van der Waals surface area contributed by atoms with Gasteiger partial charge >= 0.3 is 0 Å². The molecular weight excluding hydrogens is 340 g/mol. The topological polar surface area (TPSA) is 66.7 Å². The van der Waals surface area contributed by atoms with Gasteiger partial charge in [-0.2, -0.15) is 0 Å². The Bertz CT molecular complexity index is 815. The van der Waals surface area contributed by atoms with Crippen molar-refractivity contribution in [2.24, 2.45) is 0 Å². The van der Waals surface area contributed by atoms with E-state index in [2.05, 4.69) is 10.3 Å². The first kappa shape index (κ1) is 18.0. The standard InChI is InChI=1S/C21H28N4O2/c26-20(22-16-10-4-3-5-11-16)18-17-12-6-9-15-25(17)19(23-18)21(27)24-13-7-1-2-8-14-24/h6,9,12,15-16H,1-5,7-8,10-11,13-14H2,(H,22,26). The van der Waals surface area contributed by atoms with Crippen LogP contribution >= 0.6 is 0 Å². The molecule has 2 fully saturated rings. The van der Waals surface area contributed by atoms with Crippen LogP contribution in [-0.4, -0.2) is 45.2 Å². The Balaban J connectivity index is 1.62. The molecule has 1 N–H and O–H groups in total. The van der Waals surface area contributed by atoms with E-state index in [1.165, 1.54) is 19.3 Å². The normalized spacial score (nSPS) is 19.0. The van der Waals surface area contributed by atoms with E-state index in [9.17, 15) is 9.59 Å². The van der Waals surface area contributed by atoms with Crippen molar-refractivity contribution < 1.29 is 9.59 Å². The minimum Gasteiger partial charge on any atom is -0.348 e. The van der Waals surface area contributed by atoms with Gasteiger partial charge in [-0.3, -0.25) is 14.0 Å². The Hall–Kier alpha value is -2.37. The Kier molecular flexibility index (Phi) is 5.41. The molecule has 2 aromatic rings. The van der Waals surface area contributed by atoms with Crippen LogP contribution in [0.1, 0.15) is 78.9 Å². The maximum Gasteiger partial charge on any atom is 0.290 e. The summed E-state index contributed by atoms with van der Waals surface area (Å²) in [5.74, 6) is 0.108. The number of carbonyl (C=O) groups excluding carboxylic acids is 2. The maximum absolute atomic E-state index is 13.1. The number of hydrogen-bond donors (Lipinski definition) is 1. The number of carbonyl (C=O) groups is 2. The van der Waals surface area contributed by atoms with Crippen LogP contribution in [0.4, 0.5) is 0 Å².